The monoisotopic (exact) mass is 490 g/mol. The molecule has 1 aromatic rings. The molecule has 1 aromatic carbocycles. The number of fused-ring (bicyclic) bond motifs is 1. The summed E-state index contributed by atoms with van der Waals surface area (Å²) in [5.74, 6) is 2.36. The number of guanidine groups is 1. The maximum atomic E-state index is 5.76. The minimum Gasteiger partial charge on any atom is -0.490 e. The van der Waals surface area contributed by atoms with Crippen LogP contribution in [-0.4, -0.2) is 69.5 Å². The lowest BCUT2D eigenvalue weighted by molar-refractivity contribution is 0.0220. The Hall–Kier alpha value is -1.26. The van der Waals surface area contributed by atoms with Crippen LogP contribution in [0.5, 0.6) is 11.5 Å². The molecule has 0 saturated carbocycles. The summed E-state index contributed by atoms with van der Waals surface area (Å²) in [6.07, 6.45) is 0.904. The Morgan fingerprint density at radius 1 is 1.15 bits per heavy atom. The average Bonchev–Trinajstić information content (AvgIpc) is 2.91. The Morgan fingerprint density at radius 3 is 2.63 bits per heavy atom. The van der Waals surface area contributed by atoms with E-state index in [0.717, 1.165) is 69.0 Å². The van der Waals surface area contributed by atoms with Crippen molar-refractivity contribution < 1.29 is 14.2 Å². The summed E-state index contributed by atoms with van der Waals surface area (Å²) in [6, 6.07) is 6.30. The maximum absolute atomic E-state index is 5.76. The van der Waals surface area contributed by atoms with Crippen molar-refractivity contribution in [3.63, 3.8) is 0 Å². The first kappa shape index (κ1) is 22.0. The highest BCUT2D eigenvalue weighted by molar-refractivity contribution is 14.0. The molecule has 0 aliphatic carbocycles. The standard InChI is InChI=1S/C19H30N4O3.HI/c1-3-20-19(21-14-15(2)23-7-11-24-12-8-23)22-16-5-6-17-18(13-16)26-10-4-9-25-17;/h5-6,13,15H,3-4,7-12,14H2,1-2H3,(H2,20,21,22);1H. The second kappa shape index (κ2) is 11.6. The highest BCUT2D eigenvalue weighted by Crippen LogP contribution is 2.32. The molecule has 2 N–H and O–H groups in total. The van der Waals surface area contributed by atoms with Gasteiger partial charge in [0.05, 0.1) is 33.0 Å². The van der Waals surface area contributed by atoms with Gasteiger partial charge in [-0.3, -0.25) is 9.89 Å². The normalized spacial score (nSPS) is 18.8. The topological polar surface area (TPSA) is 67.4 Å². The number of rotatable bonds is 5. The van der Waals surface area contributed by atoms with Crippen molar-refractivity contribution in [1.29, 1.82) is 0 Å². The van der Waals surface area contributed by atoms with Crippen LogP contribution in [0.2, 0.25) is 0 Å². The lowest BCUT2D eigenvalue weighted by Crippen LogP contribution is -2.44. The molecule has 0 aromatic heterocycles. The summed E-state index contributed by atoms with van der Waals surface area (Å²) in [5, 5.41) is 6.67. The molecule has 0 spiro atoms. The highest BCUT2D eigenvalue weighted by Gasteiger charge is 2.17. The zero-order valence-electron chi connectivity index (χ0n) is 16.2. The summed E-state index contributed by atoms with van der Waals surface area (Å²) >= 11 is 0. The molecule has 8 heteroatoms. The number of ether oxygens (including phenoxy) is 3. The van der Waals surface area contributed by atoms with E-state index in [4.69, 9.17) is 19.2 Å². The molecule has 0 amide bonds. The molecule has 2 aliphatic heterocycles. The second-order valence-electron chi connectivity index (χ2n) is 6.55. The van der Waals surface area contributed by atoms with Crippen molar-refractivity contribution in [3.8, 4) is 11.5 Å². The summed E-state index contributed by atoms with van der Waals surface area (Å²) in [6.45, 7) is 10.8. The summed E-state index contributed by atoms with van der Waals surface area (Å²) < 4.78 is 16.9. The molecular formula is C19H31IN4O3. The third kappa shape index (κ3) is 6.69. The molecule has 0 bridgehead atoms. The zero-order valence-corrected chi connectivity index (χ0v) is 18.5. The van der Waals surface area contributed by atoms with Crippen molar-refractivity contribution in [1.82, 2.24) is 10.2 Å². The molecule has 1 saturated heterocycles. The van der Waals surface area contributed by atoms with Crippen LogP contribution >= 0.6 is 24.0 Å². The molecule has 152 valence electrons. The van der Waals surface area contributed by atoms with Crippen LogP contribution in [-0.2, 0) is 4.74 Å². The number of nitrogens with zero attached hydrogens (tertiary/aromatic N) is 2. The Labute approximate surface area is 178 Å². The summed E-state index contributed by atoms with van der Waals surface area (Å²) in [4.78, 5) is 7.18. The van der Waals surface area contributed by atoms with E-state index in [1.807, 2.05) is 18.2 Å². The molecule has 7 nitrogen and oxygen atoms in total. The molecule has 0 radical (unpaired) electrons. The van der Waals surface area contributed by atoms with E-state index in [1.54, 1.807) is 0 Å². The number of morpholine rings is 1. The van der Waals surface area contributed by atoms with Crippen molar-refractivity contribution >= 4 is 35.6 Å². The zero-order chi connectivity index (χ0) is 18.2. The number of hydrogen-bond acceptors (Lipinski definition) is 5. The van der Waals surface area contributed by atoms with Gasteiger partial charge in [-0.15, -0.1) is 24.0 Å². The molecule has 1 atom stereocenters. The molecule has 2 aliphatic rings. The van der Waals surface area contributed by atoms with E-state index in [1.165, 1.54) is 0 Å². The van der Waals surface area contributed by atoms with Gasteiger partial charge in [0.25, 0.3) is 0 Å². The average molecular weight is 490 g/mol. The van der Waals surface area contributed by atoms with Gasteiger partial charge in [0.15, 0.2) is 17.5 Å². The van der Waals surface area contributed by atoms with Crippen LogP contribution in [0.4, 0.5) is 5.69 Å². The van der Waals surface area contributed by atoms with E-state index >= 15 is 0 Å². The van der Waals surface area contributed by atoms with E-state index < -0.39 is 0 Å². The minimum absolute atomic E-state index is 0. The first-order chi connectivity index (χ1) is 12.8. The maximum Gasteiger partial charge on any atom is 0.195 e. The van der Waals surface area contributed by atoms with Crippen LogP contribution in [0.15, 0.2) is 23.2 Å². The van der Waals surface area contributed by atoms with E-state index in [0.29, 0.717) is 19.3 Å². The third-order valence-electron chi connectivity index (χ3n) is 4.54. The fourth-order valence-corrected chi connectivity index (χ4v) is 3.04. The van der Waals surface area contributed by atoms with E-state index in [2.05, 4.69) is 29.4 Å². The van der Waals surface area contributed by atoms with Crippen LogP contribution < -0.4 is 20.1 Å². The first-order valence-electron chi connectivity index (χ1n) is 9.53. The van der Waals surface area contributed by atoms with Gasteiger partial charge in [0.1, 0.15) is 0 Å². The SMILES string of the molecule is CCNC(=NCC(C)N1CCOCC1)Nc1ccc2c(c1)OCCCO2.I. The van der Waals surface area contributed by atoms with Crippen molar-refractivity contribution in [2.45, 2.75) is 26.3 Å². The number of halogens is 1. The Bertz CT molecular complexity index is 609. The van der Waals surface area contributed by atoms with Crippen LogP contribution in [0, 0.1) is 0 Å². The van der Waals surface area contributed by atoms with Gasteiger partial charge in [-0.1, -0.05) is 0 Å². The van der Waals surface area contributed by atoms with Gasteiger partial charge >= 0.3 is 0 Å². The van der Waals surface area contributed by atoms with Crippen LogP contribution in [0.25, 0.3) is 0 Å². The predicted molar refractivity (Wildman–Crippen MR) is 119 cm³/mol. The number of aliphatic imine (C=N–C) groups is 1. The Morgan fingerprint density at radius 2 is 1.89 bits per heavy atom. The molecule has 1 fully saturated rings. The summed E-state index contributed by atoms with van der Waals surface area (Å²) in [5.41, 5.74) is 0.938. The van der Waals surface area contributed by atoms with Gasteiger partial charge in [-0.05, 0) is 26.0 Å². The van der Waals surface area contributed by atoms with E-state index in [-0.39, 0.29) is 24.0 Å². The van der Waals surface area contributed by atoms with Crippen molar-refractivity contribution in [3.05, 3.63) is 18.2 Å². The van der Waals surface area contributed by atoms with Gasteiger partial charge in [0, 0.05) is 43.9 Å². The van der Waals surface area contributed by atoms with Crippen molar-refractivity contribution in [2.24, 2.45) is 4.99 Å². The quantitative estimate of drug-likeness (QED) is 0.376. The van der Waals surface area contributed by atoms with Gasteiger partial charge in [0.2, 0.25) is 0 Å². The first-order valence-corrected chi connectivity index (χ1v) is 9.53. The number of benzene rings is 1. The lowest BCUT2D eigenvalue weighted by atomic mass is 10.2. The lowest BCUT2D eigenvalue weighted by Gasteiger charge is -2.31. The predicted octanol–water partition coefficient (Wildman–Crippen LogP) is 2.56. The minimum atomic E-state index is 0. The number of anilines is 1. The van der Waals surface area contributed by atoms with Gasteiger partial charge in [-0.2, -0.15) is 0 Å². The molecule has 3 rings (SSSR count). The molecule has 2 heterocycles. The third-order valence-corrected chi connectivity index (χ3v) is 4.54. The molecular weight excluding hydrogens is 459 g/mol. The smallest absolute Gasteiger partial charge is 0.195 e. The van der Waals surface area contributed by atoms with Crippen LogP contribution in [0.3, 0.4) is 0 Å². The Kier molecular flexibility index (Phi) is 9.43. The summed E-state index contributed by atoms with van der Waals surface area (Å²) in [7, 11) is 0. The molecule has 27 heavy (non-hydrogen) atoms. The fourth-order valence-electron chi connectivity index (χ4n) is 3.04. The number of nitrogens with one attached hydrogen (secondary N) is 2. The van der Waals surface area contributed by atoms with Crippen LogP contribution in [0.1, 0.15) is 20.3 Å². The fraction of sp³-hybridized carbons (Fsp3) is 0.632. The largest absolute Gasteiger partial charge is 0.490 e. The van der Waals surface area contributed by atoms with Crippen molar-refractivity contribution in [2.75, 3.05) is 57.9 Å². The molecule has 1 unspecified atom stereocenters. The second-order valence-corrected chi connectivity index (χ2v) is 6.55. The van der Waals surface area contributed by atoms with Gasteiger partial charge in [-0.25, -0.2) is 0 Å². The Balaban J connectivity index is 0.00000261. The highest BCUT2D eigenvalue weighted by atomic mass is 127. The number of hydrogen-bond donors (Lipinski definition) is 2. The van der Waals surface area contributed by atoms with E-state index in [9.17, 15) is 0 Å². The van der Waals surface area contributed by atoms with Gasteiger partial charge < -0.3 is 24.8 Å².